The van der Waals surface area contributed by atoms with Crippen LogP contribution in [0.3, 0.4) is 0 Å². The van der Waals surface area contributed by atoms with Crippen molar-refractivity contribution < 1.29 is 19.5 Å². The average molecular weight is 397 g/mol. The van der Waals surface area contributed by atoms with Gasteiger partial charge >= 0.3 is 7.32 Å². The van der Waals surface area contributed by atoms with Crippen molar-refractivity contribution in [1.82, 2.24) is 25.5 Å². The van der Waals surface area contributed by atoms with Crippen LogP contribution in [0, 0.1) is 0 Å². The van der Waals surface area contributed by atoms with Crippen molar-refractivity contribution in [1.29, 1.82) is 0 Å². The van der Waals surface area contributed by atoms with Gasteiger partial charge < -0.3 is 25.8 Å². The topological polar surface area (TPSA) is 148 Å². The summed E-state index contributed by atoms with van der Waals surface area (Å²) < 4.78 is 5.99. The van der Waals surface area contributed by atoms with Gasteiger partial charge in [0, 0.05) is 18.2 Å². The number of benzene rings is 1. The zero-order valence-corrected chi connectivity index (χ0v) is 15.4. The number of hydrogen-bond acceptors (Lipinski definition) is 8. The van der Waals surface area contributed by atoms with E-state index in [2.05, 4.69) is 25.5 Å². The summed E-state index contributed by atoms with van der Waals surface area (Å²) in [4.78, 5) is 12.2. The summed E-state index contributed by atoms with van der Waals surface area (Å²) in [6, 6.07) is 6.81. The molecule has 0 aliphatic carbocycles. The number of unbranched alkanes of at least 4 members (excludes halogenated alkanes) is 1. The second kappa shape index (κ2) is 10.9. The van der Waals surface area contributed by atoms with E-state index in [0.717, 1.165) is 5.56 Å². The first-order valence-corrected chi connectivity index (χ1v) is 8.84. The predicted molar refractivity (Wildman–Crippen MR) is 98.0 cm³/mol. The van der Waals surface area contributed by atoms with Crippen LogP contribution in [0.2, 0.25) is 5.02 Å². The molecular weight excluding hydrogens is 374 g/mol. The van der Waals surface area contributed by atoms with Gasteiger partial charge in [-0.3, -0.25) is 4.79 Å². The Bertz CT molecular complexity index is 732. The lowest BCUT2D eigenvalue weighted by Gasteiger charge is -2.12. The number of carbonyl (C=O) groups excluding carboxylic acids is 1. The van der Waals surface area contributed by atoms with Gasteiger partial charge in [-0.2, -0.15) is 0 Å². The molecule has 1 aromatic heterocycles. The maximum absolute atomic E-state index is 12.2. The maximum Gasteiger partial charge on any atom is 0.633 e. The standard InChI is InChI=1S/C15H22BClN6O4/c17-12-6-2-1-5-11(12)9-19-14(24)10-23-15(20-21-22-23)13(18)7-3-4-8-27-16(25)26/h1-2,5-6,13,25-26H,3-4,7-10,18H2,(H,19,24). The van der Waals surface area contributed by atoms with Gasteiger partial charge in [0.2, 0.25) is 5.91 Å². The fourth-order valence-electron chi connectivity index (χ4n) is 2.40. The van der Waals surface area contributed by atoms with Crippen molar-refractivity contribution in [3.05, 3.63) is 40.7 Å². The lowest BCUT2D eigenvalue weighted by Crippen LogP contribution is -2.29. The first-order valence-electron chi connectivity index (χ1n) is 8.47. The molecule has 2 rings (SSSR count). The van der Waals surface area contributed by atoms with E-state index in [1.807, 2.05) is 18.2 Å². The predicted octanol–water partition coefficient (Wildman–Crippen LogP) is -0.201. The summed E-state index contributed by atoms with van der Waals surface area (Å²) >= 11 is 6.06. The minimum atomic E-state index is -1.77. The van der Waals surface area contributed by atoms with E-state index in [0.29, 0.717) is 36.7 Å². The van der Waals surface area contributed by atoms with Crippen molar-refractivity contribution >= 4 is 24.8 Å². The van der Waals surface area contributed by atoms with Crippen LogP contribution >= 0.6 is 11.6 Å². The first kappa shape index (κ1) is 21.3. The van der Waals surface area contributed by atoms with E-state index in [1.54, 1.807) is 6.07 Å². The first-order chi connectivity index (χ1) is 13.0. The average Bonchev–Trinajstić information content (AvgIpc) is 3.08. The van der Waals surface area contributed by atoms with Crippen LogP contribution in [0.5, 0.6) is 0 Å². The molecule has 0 spiro atoms. The van der Waals surface area contributed by atoms with Crippen molar-refractivity contribution in [2.75, 3.05) is 6.61 Å². The molecule has 2 aromatic rings. The Balaban J connectivity index is 1.79. The van der Waals surface area contributed by atoms with E-state index >= 15 is 0 Å². The highest BCUT2D eigenvalue weighted by Crippen LogP contribution is 2.15. The molecule has 0 radical (unpaired) electrons. The summed E-state index contributed by atoms with van der Waals surface area (Å²) in [6.45, 7) is 0.457. The van der Waals surface area contributed by atoms with E-state index in [-0.39, 0.29) is 19.1 Å². The molecule has 0 aliphatic heterocycles. The second-order valence-corrected chi connectivity index (χ2v) is 6.27. The maximum atomic E-state index is 12.2. The van der Waals surface area contributed by atoms with Gasteiger partial charge in [-0.1, -0.05) is 29.8 Å². The highest BCUT2D eigenvalue weighted by molar-refractivity contribution is 6.32. The fraction of sp³-hybridized carbons (Fsp3) is 0.467. The monoisotopic (exact) mass is 396 g/mol. The van der Waals surface area contributed by atoms with Gasteiger partial charge in [0.05, 0.1) is 6.04 Å². The Morgan fingerprint density at radius 3 is 2.89 bits per heavy atom. The Morgan fingerprint density at radius 1 is 1.37 bits per heavy atom. The molecule has 146 valence electrons. The molecule has 0 fully saturated rings. The Kier molecular flexibility index (Phi) is 8.62. The number of amides is 1. The van der Waals surface area contributed by atoms with Gasteiger partial charge in [0.1, 0.15) is 6.54 Å². The summed E-state index contributed by atoms with van der Waals surface area (Å²) in [7, 11) is -1.77. The molecule has 10 nitrogen and oxygen atoms in total. The number of aromatic nitrogens is 4. The number of nitrogens with two attached hydrogens (primary N) is 1. The third kappa shape index (κ3) is 7.23. The van der Waals surface area contributed by atoms with Crippen molar-refractivity contribution in [2.45, 2.75) is 38.4 Å². The molecule has 12 heteroatoms. The molecule has 1 heterocycles. The van der Waals surface area contributed by atoms with E-state index in [1.165, 1.54) is 4.68 Å². The van der Waals surface area contributed by atoms with E-state index in [4.69, 9.17) is 27.4 Å². The van der Waals surface area contributed by atoms with Crippen LogP contribution in [0.25, 0.3) is 0 Å². The fourth-order valence-corrected chi connectivity index (χ4v) is 2.60. The molecule has 0 saturated heterocycles. The number of nitrogens with one attached hydrogen (secondary N) is 1. The minimum absolute atomic E-state index is 0.0553. The summed E-state index contributed by atoms with van der Waals surface area (Å²) in [5, 5.41) is 31.8. The second-order valence-electron chi connectivity index (χ2n) is 5.86. The summed E-state index contributed by atoms with van der Waals surface area (Å²) in [6.07, 6.45) is 1.84. The molecule has 0 saturated carbocycles. The molecular formula is C15H22BClN6O4. The Hall–Kier alpha value is -2.05. The Morgan fingerprint density at radius 2 is 2.15 bits per heavy atom. The molecule has 5 N–H and O–H groups in total. The van der Waals surface area contributed by atoms with Gasteiger partial charge in [-0.25, -0.2) is 4.68 Å². The number of carbonyl (C=O) groups is 1. The van der Waals surface area contributed by atoms with Crippen molar-refractivity contribution in [2.24, 2.45) is 5.73 Å². The highest BCUT2D eigenvalue weighted by atomic mass is 35.5. The summed E-state index contributed by atoms with van der Waals surface area (Å²) in [5.74, 6) is 0.145. The van der Waals surface area contributed by atoms with Crippen LogP contribution < -0.4 is 11.1 Å². The number of nitrogens with zero attached hydrogens (tertiary/aromatic N) is 4. The van der Waals surface area contributed by atoms with Crippen LogP contribution in [-0.4, -0.2) is 50.1 Å². The van der Waals surface area contributed by atoms with Gasteiger partial charge in [0.25, 0.3) is 0 Å². The highest BCUT2D eigenvalue weighted by Gasteiger charge is 2.17. The van der Waals surface area contributed by atoms with E-state index < -0.39 is 13.4 Å². The molecule has 0 bridgehead atoms. The van der Waals surface area contributed by atoms with Crippen LogP contribution in [0.1, 0.15) is 36.7 Å². The largest absolute Gasteiger partial charge is 0.633 e. The number of tetrazole rings is 1. The SMILES string of the molecule is NC(CCCCOB(O)O)c1nnnn1CC(=O)NCc1ccccc1Cl. The molecule has 0 aliphatic rings. The van der Waals surface area contributed by atoms with Crippen LogP contribution in [0.15, 0.2) is 24.3 Å². The van der Waals surface area contributed by atoms with Crippen molar-refractivity contribution in [3.63, 3.8) is 0 Å². The minimum Gasteiger partial charge on any atom is -0.402 e. The third-order valence-corrected chi connectivity index (χ3v) is 4.16. The molecule has 1 amide bonds. The zero-order valence-electron chi connectivity index (χ0n) is 14.7. The summed E-state index contributed by atoms with van der Waals surface area (Å²) in [5.41, 5.74) is 6.91. The lowest BCUT2D eigenvalue weighted by molar-refractivity contribution is -0.122. The normalized spacial score (nSPS) is 12.0. The third-order valence-electron chi connectivity index (χ3n) is 3.79. The van der Waals surface area contributed by atoms with Crippen molar-refractivity contribution in [3.8, 4) is 0 Å². The van der Waals surface area contributed by atoms with E-state index in [9.17, 15) is 4.79 Å². The van der Waals surface area contributed by atoms with Crippen LogP contribution in [0.4, 0.5) is 0 Å². The van der Waals surface area contributed by atoms with Gasteiger partial charge in [-0.05, 0) is 41.3 Å². The molecule has 1 atom stereocenters. The zero-order chi connectivity index (χ0) is 19.6. The lowest BCUT2D eigenvalue weighted by atomic mass is 10.1. The number of halogens is 1. The quantitative estimate of drug-likeness (QED) is 0.301. The number of rotatable bonds is 11. The van der Waals surface area contributed by atoms with Gasteiger partial charge in [-0.15, -0.1) is 5.10 Å². The molecule has 1 aromatic carbocycles. The van der Waals surface area contributed by atoms with Gasteiger partial charge in [0.15, 0.2) is 5.82 Å². The number of hydrogen-bond donors (Lipinski definition) is 4. The molecule has 1 unspecified atom stereocenters. The van der Waals surface area contributed by atoms with Crippen LogP contribution in [-0.2, 0) is 22.5 Å². The Labute approximate surface area is 161 Å². The molecule has 27 heavy (non-hydrogen) atoms. The smallest absolute Gasteiger partial charge is 0.402 e.